The number of methoxy groups -OCH3 is 1. The first-order valence-electron chi connectivity index (χ1n) is 4.81. The molecule has 0 fully saturated rings. The van der Waals surface area contributed by atoms with E-state index in [1.165, 1.54) is 26.3 Å². The number of ether oxygens (including phenoxy) is 3. The molecule has 1 aromatic rings. The normalized spacial score (nSPS) is 9.44. The number of hydrogen-bond donors (Lipinski definition) is 1. The highest BCUT2D eigenvalue weighted by atomic mass is 16.7. The van der Waals surface area contributed by atoms with E-state index in [2.05, 4.69) is 14.8 Å². The summed E-state index contributed by atoms with van der Waals surface area (Å²) in [4.78, 5) is 25.7. The van der Waals surface area contributed by atoms with E-state index < -0.39 is 18.7 Å². The quantitative estimate of drug-likeness (QED) is 0.478. The minimum absolute atomic E-state index is 0.0257. The summed E-state index contributed by atoms with van der Waals surface area (Å²) in [5, 5.41) is 2.74. The van der Waals surface area contributed by atoms with Crippen molar-refractivity contribution in [2.45, 2.75) is 6.92 Å². The number of hydrogen-bond acceptors (Lipinski definition) is 7. The van der Waals surface area contributed by atoms with E-state index in [0.717, 1.165) is 0 Å². The SMILES string of the molecule is COc1ccnc(C(=O)N=N)c1OCOC(C)=O. The molecule has 0 aliphatic carbocycles. The van der Waals surface area contributed by atoms with Crippen LogP contribution in [-0.2, 0) is 9.53 Å². The number of amides is 1. The molecule has 0 saturated heterocycles. The fourth-order valence-electron chi connectivity index (χ4n) is 1.11. The molecule has 0 radical (unpaired) electrons. The van der Waals surface area contributed by atoms with E-state index in [9.17, 15) is 9.59 Å². The van der Waals surface area contributed by atoms with Crippen LogP contribution < -0.4 is 9.47 Å². The molecule has 8 nitrogen and oxygen atoms in total. The molecule has 1 aromatic heterocycles. The van der Waals surface area contributed by atoms with E-state index in [4.69, 9.17) is 15.0 Å². The second-order valence-electron chi connectivity index (χ2n) is 3.01. The van der Waals surface area contributed by atoms with E-state index in [1.807, 2.05) is 0 Å². The molecule has 0 spiro atoms. The van der Waals surface area contributed by atoms with Gasteiger partial charge in [0.1, 0.15) is 0 Å². The maximum absolute atomic E-state index is 11.3. The van der Waals surface area contributed by atoms with Crippen LogP contribution in [0.4, 0.5) is 0 Å². The summed E-state index contributed by atoms with van der Waals surface area (Å²) >= 11 is 0. The minimum Gasteiger partial charge on any atom is -0.493 e. The summed E-state index contributed by atoms with van der Waals surface area (Å²) in [6, 6.07) is 1.46. The molecule has 0 aliphatic heterocycles. The zero-order chi connectivity index (χ0) is 13.5. The van der Waals surface area contributed by atoms with Crippen LogP contribution in [0, 0.1) is 5.53 Å². The molecule has 1 amide bonds. The molecular weight excluding hydrogens is 242 g/mol. The highest BCUT2D eigenvalue weighted by Gasteiger charge is 2.18. The van der Waals surface area contributed by atoms with Crippen molar-refractivity contribution < 1.29 is 23.8 Å². The number of esters is 1. The van der Waals surface area contributed by atoms with Gasteiger partial charge in [0.05, 0.1) is 7.11 Å². The molecule has 0 saturated carbocycles. The Bertz CT molecular complexity index is 475. The first-order chi connectivity index (χ1) is 8.60. The molecule has 0 atom stereocenters. The van der Waals surface area contributed by atoms with Crippen molar-refractivity contribution in [3.63, 3.8) is 0 Å². The van der Waals surface area contributed by atoms with Gasteiger partial charge >= 0.3 is 11.9 Å². The fraction of sp³-hybridized carbons (Fsp3) is 0.300. The first kappa shape index (κ1) is 13.6. The number of nitrogens with zero attached hydrogens (tertiary/aromatic N) is 2. The second-order valence-corrected chi connectivity index (χ2v) is 3.01. The van der Waals surface area contributed by atoms with Gasteiger partial charge in [0, 0.05) is 19.2 Å². The van der Waals surface area contributed by atoms with Crippen molar-refractivity contribution in [3.8, 4) is 11.5 Å². The largest absolute Gasteiger partial charge is 0.493 e. The zero-order valence-electron chi connectivity index (χ0n) is 9.80. The monoisotopic (exact) mass is 253 g/mol. The maximum atomic E-state index is 11.3. The Balaban J connectivity index is 3.00. The molecular formula is C10H11N3O5. The molecule has 0 bridgehead atoms. The molecule has 96 valence electrons. The number of aromatic nitrogens is 1. The van der Waals surface area contributed by atoms with Gasteiger partial charge in [0.15, 0.2) is 17.2 Å². The predicted molar refractivity (Wildman–Crippen MR) is 57.5 cm³/mol. The predicted octanol–water partition coefficient (Wildman–Crippen LogP) is 1.16. The summed E-state index contributed by atoms with van der Waals surface area (Å²) in [6.07, 6.45) is 1.32. The molecule has 1 N–H and O–H groups in total. The topological polar surface area (TPSA) is 111 Å². The Kier molecular flexibility index (Phi) is 4.73. The fourth-order valence-corrected chi connectivity index (χ4v) is 1.11. The standard InChI is InChI=1S/C10H11N3O5/c1-6(14)17-5-18-9-7(16-2)3-4-12-8(9)10(15)13-11/h3-4,11H,5H2,1-2H3. The number of nitrogens with one attached hydrogen (secondary N) is 1. The van der Waals surface area contributed by atoms with Crippen LogP contribution in [0.1, 0.15) is 17.4 Å². The minimum atomic E-state index is -0.883. The van der Waals surface area contributed by atoms with Crippen LogP contribution in [-0.4, -0.2) is 30.8 Å². The maximum Gasteiger partial charge on any atom is 0.317 e. The summed E-state index contributed by atoms with van der Waals surface area (Å²) in [7, 11) is 1.38. The first-order valence-corrected chi connectivity index (χ1v) is 4.81. The van der Waals surface area contributed by atoms with Crippen molar-refractivity contribution in [2.24, 2.45) is 5.11 Å². The lowest BCUT2D eigenvalue weighted by molar-refractivity contribution is -0.147. The number of rotatable bonds is 5. The van der Waals surface area contributed by atoms with Crippen LogP contribution in [0.25, 0.3) is 0 Å². The van der Waals surface area contributed by atoms with Crippen molar-refractivity contribution in [2.75, 3.05) is 13.9 Å². The molecule has 8 heteroatoms. The summed E-state index contributed by atoms with van der Waals surface area (Å²) < 4.78 is 14.7. The third-order valence-electron chi connectivity index (χ3n) is 1.86. The lowest BCUT2D eigenvalue weighted by Crippen LogP contribution is -2.11. The van der Waals surface area contributed by atoms with Crippen LogP contribution in [0.5, 0.6) is 11.5 Å². The molecule has 0 unspecified atom stereocenters. The van der Waals surface area contributed by atoms with E-state index in [-0.39, 0.29) is 17.2 Å². The Labute approximate surface area is 102 Å². The van der Waals surface area contributed by atoms with Crippen molar-refractivity contribution in [3.05, 3.63) is 18.0 Å². The van der Waals surface area contributed by atoms with Gasteiger partial charge in [-0.05, 0) is 0 Å². The highest BCUT2D eigenvalue weighted by molar-refractivity contribution is 5.95. The third-order valence-corrected chi connectivity index (χ3v) is 1.86. The second kappa shape index (κ2) is 6.28. The molecule has 0 aromatic carbocycles. The van der Waals surface area contributed by atoms with Crippen LogP contribution in [0.3, 0.4) is 0 Å². The molecule has 0 aliphatic rings. The van der Waals surface area contributed by atoms with Gasteiger partial charge in [0.2, 0.25) is 6.79 Å². The van der Waals surface area contributed by atoms with Crippen molar-refractivity contribution >= 4 is 11.9 Å². The molecule has 1 rings (SSSR count). The van der Waals surface area contributed by atoms with Gasteiger partial charge in [0.25, 0.3) is 0 Å². The Morgan fingerprint density at radius 1 is 1.50 bits per heavy atom. The smallest absolute Gasteiger partial charge is 0.317 e. The Morgan fingerprint density at radius 3 is 2.78 bits per heavy atom. The van der Waals surface area contributed by atoms with Gasteiger partial charge in [-0.1, -0.05) is 0 Å². The Morgan fingerprint density at radius 2 is 2.22 bits per heavy atom. The molecule has 18 heavy (non-hydrogen) atoms. The van der Waals surface area contributed by atoms with Gasteiger partial charge in [-0.2, -0.15) is 0 Å². The molecule has 1 heterocycles. The van der Waals surface area contributed by atoms with E-state index in [0.29, 0.717) is 0 Å². The van der Waals surface area contributed by atoms with Gasteiger partial charge in [-0.3, -0.25) is 9.59 Å². The lowest BCUT2D eigenvalue weighted by Gasteiger charge is -2.11. The highest BCUT2D eigenvalue weighted by Crippen LogP contribution is 2.29. The van der Waals surface area contributed by atoms with Crippen LogP contribution in [0.15, 0.2) is 17.4 Å². The summed E-state index contributed by atoms with van der Waals surface area (Å²) in [5.74, 6) is -1.21. The van der Waals surface area contributed by atoms with Crippen molar-refractivity contribution in [1.29, 1.82) is 5.53 Å². The number of carbonyl (C=O) groups excluding carboxylic acids is 2. The van der Waals surface area contributed by atoms with E-state index >= 15 is 0 Å². The third kappa shape index (κ3) is 3.24. The van der Waals surface area contributed by atoms with Crippen LogP contribution >= 0.6 is 0 Å². The number of carbonyl (C=O) groups is 2. The van der Waals surface area contributed by atoms with Crippen LogP contribution in [0.2, 0.25) is 0 Å². The zero-order valence-corrected chi connectivity index (χ0v) is 9.80. The van der Waals surface area contributed by atoms with Gasteiger partial charge in [-0.15, -0.1) is 5.11 Å². The van der Waals surface area contributed by atoms with E-state index in [1.54, 1.807) is 0 Å². The average Bonchev–Trinajstić information content (AvgIpc) is 2.37. The Hall–Kier alpha value is -2.51. The average molecular weight is 253 g/mol. The number of pyridine rings is 1. The van der Waals surface area contributed by atoms with Gasteiger partial charge < -0.3 is 14.2 Å². The van der Waals surface area contributed by atoms with Crippen molar-refractivity contribution in [1.82, 2.24) is 4.98 Å². The van der Waals surface area contributed by atoms with Gasteiger partial charge in [-0.25, -0.2) is 10.5 Å². The summed E-state index contributed by atoms with van der Waals surface area (Å²) in [5.41, 5.74) is 6.49. The lowest BCUT2D eigenvalue weighted by atomic mass is 10.3. The summed E-state index contributed by atoms with van der Waals surface area (Å²) in [6.45, 7) is 0.824.